The molecule has 0 fully saturated rings. The van der Waals surface area contributed by atoms with Gasteiger partial charge in [-0.1, -0.05) is 59.4 Å². The van der Waals surface area contributed by atoms with Gasteiger partial charge in [-0.3, -0.25) is 0 Å². The van der Waals surface area contributed by atoms with Crippen molar-refractivity contribution < 1.29 is 4.74 Å². The minimum absolute atomic E-state index is 0.422. The zero-order valence-electron chi connectivity index (χ0n) is 12.5. The summed E-state index contributed by atoms with van der Waals surface area (Å²) in [5.41, 5.74) is 2.21. The van der Waals surface area contributed by atoms with Gasteiger partial charge in [0.25, 0.3) is 0 Å². The van der Waals surface area contributed by atoms with E-state index in [1.807, 2.05) is 54.6 Å². The van der Waals surface area contributed by atoms with Crippen LogP contribution in [0.5, 0.6) is 5.75 Å². The molecule has 5 nitrogen and oxygen atoms in total. The van der Waals surface area contributed by atoms with Crippen molar-refractivity contribution in [2.45, 2.75) is 13.5 Å². The lowest BCUT2D eigenvalue weighted by atomic mass is 10.2. The summed E-state index contributed by atoms with van der Waals surface area (Å²) in [5.74, 6) is 1.59. The van der Waals surface area contributed by atoms with Crippen LogP contribution in [0.1, 0.15) is 10.6 Å². The number of fused-ring (bicyclic) bond motifs is 1. The molecule has 0 bridgehead atoms. The molecule has 114 valence electrons. The summed E-state index contributed by atoms with van der Waals surface area (Å²) >= 11 is 1.49. The summed E-state index contributed by atoms with van der Waals surface area (Å²) in [6.07, 6.45) is 0. The van der Waals surface area contributed by atoms with Crippen molar-refractivity contribution in [3.8, 4) is 17.1 Å². The highest BCUT2D eigenvalue weighted by Gasteiger charge is 2.13. The quantitative estimate of drug-likeness (QED) is 0.574. The number of benzene rings is 2. The Morgan fingerprint density at radius 1 is 1.00 bits per heavy atom. The van der Waals surface area contributed by atoms with Crippen LogP contribution in [0.3, 0.4) is 0 Å². The maximum atomic E-state index is 5.78. The van der Waals surface area contributed by atoms with Crippen molar-refractivity contribution in [3.63, 3.8) is 0 Å². The van der Waals surface area contributed by atoms with E-state index < -0.39 is 0 Å². The van der Waals surface area contributed by atoms with Crippen LogP contribution in [0, 0.1) is 6.92 Å². The second kappa shape index (κ2) is 5.81. The fraction of sp³-hybridized carbons (Fsp3) is 0.118. The number of nitrogens with zero attached hydrogens (tertiary/aromatic N) is 4. The minimum Gasteiger partial charge on any atom is -0.486 e. The second-order valence-corrected chi connectivity index (χ2v) is 6.22. The van der Waals surface area contributed by atoms with Crippen LogP contribution in [0.2, 0.25) is 0 Å². The van der Waals surface area contributed by atoms with E-state index in [1.165, 1.54) is 16.9 Å². The number of aryl methyl sites for hydroxylation is 1. The van der Waals surface area contributed by atoms with Crippen molar-refractivity contribution in [2.75, 3.05) is 0 Å². The number of hydrogen-bond acceptors (Lipinski definition) is 5. The van der Waals surface area contributed by atoms with Crippen molar-refractivity contribution in [1.82, 2.24) is 19.8 Å². The lowest BCUT2D eigenvalue weighted by Crippen LogP contribution is -1.97. The molecule has 4 rings (SSSR count). The summed E-state index contributed by atoms with van der Waals surface area (Å²) in [7, 11) is 0. The zero-order chi connectivity index (χ0) is 15.6. The van der Waals surface area contributed by atoms with Crippen LogP contribution >= 0.6 is 11.3 Å². The lowest BCUT2D eigenvalue weighted by Gasteiger charge is -2.03. The summed E-state index contributed by atoms with van der Waals surface area (Å²) in [6.45, 7) is 2.48. The Hall–Kier alpha value is -2.73. The summed E-state index contributed by atoms with van der Waals surface area (Å²) in [4.78, 5) is 0.770. The van der Waals surface area contributed by atoms with Gasteiger partial charge >= 0.3 is 0 Å². The molecule has 6 heteroatoms. The molecule has 0 unspecified atom stereocenters. The first-order valence-corrected chi connectivity index (χ1v) is 8.07. The Kier molecular flexibility index (Phi) is 3.51. The topological polar surface area (TPSA) is 52.3 Å². The van der Waals surface area contributed by atoms with Gasteiger partial charge in [-0.15, -0.1) is 10.2 Å². The first-order chi connectivity index (χ1) is 11.3. The van der Waals surface area contributed by atoms with Crippen LogP contribution < -0.4 is 4.74 Å². The third-order valence-electron chi connectivity index (χ3n) is 3.45. The molecule has 0 spiro atoms. The van der Waals surface area contributed by atoms with E-state index in [4.69, 9.17) is 4.74 Å². The average Bonchev–Trinajstić information content (AvgIpc) is 3.15. The molecular weight excluding hydrogens is 308 g/mol. The molecule has 2 aromatic heterocycles. The molecule has 0 amide bonds. The smallest absolute Gasteiger partial charge is 0.235 e. The molecule has 0 aliphatic rings. The third kappa shape index (κ3) is 2.80. The normalized spacial score (nSPS) is 11.0. The van der Waals surface area contributed by atoms with Crippen molar-refractivity contribution in [2.24, 2.45) is 0 Å². The first-order valence-electron chi connectivity index (χ1n) is 7.25. The van der Waals surface area contributed by atoms with Gasteiger partial charge in [-0.05, 0) is 19.1 Å². The molecule has 0 N–H and O–H groups in total. The minimum atomic E-state index is 0.422. The molecule has 4 aromatic rings. The highest BCUT2D eigenvalue weighted by atomic mass is 32.1. The maximum Gasteiger partial charge on any atom is 0.235 e. The van der Waals surface area contributed by atoms with Crippen LogP contribution in [0.15, 0.2) is 54.6 Å². The maximum absolute atomic E-state index is 5.78. The van der Waals surface area contributed by atoms with Crippen LogP contribution in [-0.2, 0) is 6.61 Å². The lowest BCUT2D eigenvalue weighted by molar-refractivity contribution is 0.304. The van der Waals surface area contributed by atoms with Crippen molar-refractivity contribution >= 4 is 16.3 Å². The highest BCUT2D eigenvalue weighted by molar-refractivity contribution is 7.16. The van der Waals surface area contributed by atoms with Gasteiger partial charge < -0.3 is 4.74 Å². The molecule has 2 heterocycles. The number of ether oxygens (including phenoxy) is 1. The van der Waals surface area contributed by atoms with Gasteiger partial charge in [0.05, 0.1) is 0 Å². The van der Waals surface area contributed by atoms with Crippen molar-refractivity contribution in [1.29, 1.82) is 0 Å². The Morgan fingerprint density at radius 3 is 2.57 bits per heavy atom. The van der Waals surface area contributed by atoms with E-state index in [9.17, 15) is 0 Å². The first kappa shape index (κ1) is 13.9. The standard InChI is InChI=1S/C17H14N4OS/c1-12-7-9-14(10-8-12)22-11-15-20-21-16(18-19-17(21)23-15)13-5-3-2-4-6-13/h2-10H,11H2,1H3. The molecule has 23 heavy (non-hydrogen) atoms. The summed E-state index contributed by atoms with van der Waals surface area (Å²) < 4.78 is 7.55. The Bertz CT molecular complexity index is 928. The molecule has 0 aliphatic carbocycles. The highest BCUT2D eigenvalue weighted by Crippen LogP contribution is 2.22. The predicted molar refractivity (Wildman–Crippen MR) is 89.6 cm³/mol. The second-order valence-electron chi connectivity index (χ2n) is 5.18. The molecule has 0 saturated carbocycles. The Balaban J connectivity index is 1.57. The van der Waals surface area contributed by atoms with Crippen LogP contribution in [0.4, 0.5) is 0 Å². The number of rotatable bonds is 4. The van der Waals surface area contributed by atoms with E-state index in [0.717, 1.165) is 27.1 Å². The van der Waals surface area contributed by atoms with Crippen LogP contribution in [-0.4, -0.2) is 19.8 Å². The Labute approximate surface area is 137 Å². The van der Waals surface area contributed by atoms with Gasteiger partial charge in [-0.25, -0.2) is 0 Å². The zero-order valence-corrected chi connectivity index (χ0v) is 13.3. The fourth-order valence-electron chi connectivity index (χ4n) is 2.26. The molecule has 0 aliphatic heterocycles. The van der Waals surface area contributed by atoms with Gasteiger partial charge in [0, 0.05) is 5.56 Å². The third-order valence-corrected chi connectivity index (χ3v) is 4.32. The monoisotopic (exact) mass is 322 g/mol. The van der Waals surface area contributed by atoms with Crippen molar-refractivity contribution in [3.05, 3.63) is 65.2 Å². The van der Waals surface area contributed by atoms with Gasteiger partial charge in [0.1, 0.15) is 12.4 Å². The van der Waals surface area contributed by atoms with Crippen LogP contribution in [0.25, 0.3) is 16.3 Å². The van der Waals surface area contributed by atoms with E-state index in [0.29, 0.717) is 6.61 Å². The number of hydrogen-bond donors (Lipinski definition) is 0. The van der Waals surface area contributed by atoms with E-state index in [1.54, 1.807) is 4.52 Å². The molecular formula is C17H14N4OS. The van der Waals surface area contributed by atoms with E-state index >= 15 is 0 Å². The predicted octanol–water partition coefficient (Wildman–Crippen LogP) is 3.74. The molecule has 0 saturated heterocycles. The van der Waals surface area contributed by atoms with Gasteiger partial charge in [-0.2, -0.15) is 9.61 Å². The van der Waals surface area contributed by atoms with Gasteiger partial charge in [0.2, 0.25) is 4.96 Å². The number of aromatic nitrogens is 4. The van der Waals surface area contributed by atoms with E-state index in [-0.39, 0.29) is 0 Å². The largest absolute Gasteiger partial charge is 0.486 e. The SMILES string of the molecule is Cc1ccc(OCc2nn3c(-c4ccccc4)nnc3s2)cc1. The molecule has 0 radical (unpaired) electrons. The van der Waals surface area contributed by atoms with Gasteiger partial charge in [0.15, 0.2) is 10.8 Å². The summed E-state index contributed by atoms with van der Waals surface area (Å²) in [5, 5.41) is 13.8. The summed E-state index contributed by atoms with van der Waals surface area (Å²) in [6, 6.07) is 17.9. The Morgan fingerprint density at radius 2 is 1.78 bits per heavy atom. The molecule has 2 aromatic carbocycles. The fourth-order valence-corrected chi connectivity index (χ4v) is 3.01. The van der Waals surface area contributed by atoms with E-state index in [2.05, 4.69) is 22.2 Å². The molecule has 0 atom stereocenters. The average molecular weight is 322 g/mol.